The van der Waals surface area contributed by atoms with Crippen molar-refractivity contribution in [3.63, 3.8) is 0 Å². The molecule has 244 valence electrons. The average molecular weight is 635 g/mol. The molecular weight excluding hydrogens is 593 g/mol. The first-order chi connectivity index (χ1) is 21.8. The molecule has 0 bridgehead atoms. The lowest BCUT2D eigenvalue weighted by Crippen LogP contribution is -2.44. The van der Waals surface area contributed by atoms with Crippen molar-refractivity contribution in [3.05, 3.63) is 83.0 Å². The van der Waals surface area contributed by atoms with E-state index in [4.69, 9.17) is 10.7 Å². The Labute approximate surface area is 267 Å². The summed E-state index contributed by atoms with van der Waals surface area (Å²) < 4.78 is 42.9. The smallest absolute Gasteiger partial charge is 0.369 e. The van der Waals surface area contributed by atoms with E-state index in [2.05, 4.69) is 36.0 Å². The predicted octanol–water partition coefficient (Wildman–Crippen LogP) is 6.45. The Morgan fingerprint density at radius 3 is 2.39 bits per heavy atom. The first kappa shape index (κ1) is 31.9. The summed E-state index contributed by atoms with van der Waals surface area (Å²) in [7, 11) is 0. The molecule has 3 heterocycles. The fourth-order valence-electron chi connectivity index (χ4n) is 7.68. The zero-order chi connectivity index (χ0) is 33.0. The predicted molar refractivity (Wildman–Crippen MR) is 168 cm³/mol. The van der Waals surface area contributed by atoms with Crippen LogP contribution in [0.25, 0.3) is 0 Å². The molecule has 2 aliphatic carbocycles. The summed E-state index contributed by atoms with van der Waals surface area (Å²) in [6.07, 6.45) is 10.0. The van der Waals surface area contributed by atoms with Gasteiger partial charge in [-0.15, -0.1) is 0 Å². The van der Waals surface area contributed by atoms with Crippen LogP contribution in [0.2, 0.25) is 0 Å². The highest BCUT2D eigenvalue weighted by Crippen LogP contribution is 2.67. The number of benzene rings is 1. The number of nitrogens with zero attached hydrogens (tertiary/aromatic N) is 5. The van der Waals surface area contributed by atoms with Gasteiger partial charge in [0.2, 0.25) is 0 Å². The van der Waals surface area contributed by atoms with E-state index in [-0.39, 0.29) is 42.7 Å². The van der Waals surface area contributed by atoms with E-state index in [1.54, 1.807) is 0 Å². The third kappa shape index (κ3) is 5.62. The highest BCUT2D eigenvalue weighted by Gasteiger charge is 2.69. The number of hydrogen-bond donors (Lipinski definition) is 1. The Hall–Kier alpha value is -4.02. The maximum Gasteiger partial charge on any atom is 0.417 e. The second kappa shape index (κ2) is 12.0. The topological polar surface area (TPSA) is 105 Å². The van der Waals surface area contributed by atoms with E-state index >= 15 is 0 Å². The Balaban J connectivity index is 1.32. The number of amides is 2. The van der Waals surface area contributed by atoms with Crippen molar-refractivity contribution in [1.82, 2.24) is 19.8 Å². The first-order valence-electron chi connectivity index (χ1n) is 16.1. The Kier molecular flexibility index (Phi) is 8.31. The minimum absolute atomic E-state index is 0.0597. The minimum Gasteiger partial charge on any atom is -0.369 e. The zero-order valence-electron chi connectivity index (χ0n) is 26.7. The molecular formula is C35H41F3N6O2. The van der Waals surface area contributed by atoms with Crippen LogP contribution < -0.4 is 5.73 Å². The van der Waals surface area contributed by atoms with Crippen LogP contribution in [0, 0.1) is 29.1 Å². The van der Waals surface area contributed by atoms with E-state index < -0.39 is 40.7 Å². The Morgan fingerprint density at radius 2 is 1.76 bits per heavy atom. The molecule has 46 heavy (non-hydrogen) atoms. The molecule has 2 amide bonds. The van der Waals surface area contributed by atoms with Gasteiger partial charge >= 0.3 is 6.18 Å². The van der Waals surface area contributed by atoms with Crippen LogP contribution in [-0.2, 0) is 24.1 Å². The minimum atomic E-state index is -4.76. The van der Waals surface area contributed by atoms with Crippen LogP contribution in [-0.4, -0.2) is 43.6 Å². The molecule has 8 nitrogen and oxygen atoms in total. The molecule has 0 saturated heterocycles. The quantitative estimate of drug-likeness (QED) is 0.324. The van der Waals surface area contributed by atoms with E-state index in [9.17, 15) is 22.8 Å². The first-order valence-corrected chi connectivity index (χ1v) is 16.1. The van der Waals surface area contributed by atoms with Gasteiger partial charge in [-0.05, 0) is 54.2 Å². The van der Waals surface area contributed by atoms with Gasteiger partial charge in [-0.3, -0.25) is 24.5 Å². The van der Waals surface area contributed by atoms with Crippen molar-refractivity contribution in [2.75, 3.05) is 0 Å². The lowest BCUT2D eigenvalue weighted by atomic mass is 9.87. The van der Waals surface area contributed by atoms with E-state index in [1.807, 2.05) is 26.0 Å². The Morgan fingerprint density at radius 1 is 1.07 bits per heavy atom. The highest BCUT2D eigenvalue weighted by atomic mass is 19.4. The molecule has 1 aromatic carbocycles. The number of alkyl halides is 3. The monoisotopic (exact) mass is 634 g/mol. The van der Waals surface area contributed by atoms with Gasteiger partial charge in [0.15, 0.2) is 5.96 Å². The van der Waals surface area contributed by atoms with Crippen LogP contribution in [0.15, 0.2) is 59.9 Å². The van der Waals surface area contributed by atoms with Gasteiger partial charge in [-0.1, -0.05) is 70.9 Å². The summed E-state index contributed by atoms with van der Waals surface area (Å²) in [6.45, 7) is 8.48. The van der Waals surface area contributed by atoms with Gasteiger partial charge in [-0.25, -0.2) is 4.99 Å². The summed E-state index contributed by atoms with van der Waals surface area (Å²) in [5, 5.41) is 0. The lowest BCUT2D eigenvalue weighted by molar-refractivity contribution is -0.138. The maximum atomic E-state index is 14.4. The van der Waals surface area contributed by atoms with Crippen LogP contribution in [0.5, 0.6) is 0 Å². The van der Waals surface area contributed by atoms with Crippen LogP contribution in [0.3, 0.4) is 0 Å². The molecule has 4 unspecified atom stereocenters. The van der Waals surface area contributed by atoms with Crippen molar-refractivity contribution in [3.8, 4) is 0 Å². The summed E-state index contributed by atoms with van der Waals surface area (Å²) in [5.74, 6) is 0.133. The number of fused-ring (bicyclic) bond motifs is 2. The number of allylic oxidation sites excluding steroid dienone is 3. The lowest BCUT2D eigenvalue weighted by Gasteiger charge is -2.31. The number of aliphatic imine (C=N–C) groups is 1. The molecule has 0 radical (unpaired) electrons. The number of halogens is 3. The van der Waals surface area contributed by atoms with Crippen molar-refractivity contribution in [2.24, 2.45) is 39.8 Å². The molecule has 11 heteroatoms. The van der Waals surface area contributed by atoms with Gasteiger partial charge < -0.3 is 10.6 Å². The maximum absolute atomic E-state index is 14.4. The molecule has 0 spiro atoms. The Bertz CT molecular complexity index is 1590. The second-order valence-electron chi connectivity index (χ2n) is 13.9. The van der Waals surface area contributed by atoms with Gasteiger partial charge in [0, 0.05) is 17.8 Å². The van der Waals surface area contributed by atoms with Crippen LogP contribution >= 0.6 is 0 Å². The van der Waals surface area contributed by atoms with E-state index in [0.29, 0.717) is 29.3 Å². The molecule has 1 saturated carbocycles. The highest BCUT2D eigenvalue weighted by molar-refractivity contribution is 6.06. The van der Waals surface area contributed by atoms with Crippen molar-refractivity contribution in [1.29, 1.82) is 0 Å². The van der Waals surface area contributed by atoms with Crippen molar-refractivity contribution >= 4 is 17.8 Å². The number of guanidine groups is 1. The largest absolute Gasteiger partial charge is 0.417 e. The molecule has 4 aliphatic rings. The van der Waals surface area contributed by atoms with Crippen molar-refractivity contribution in [2.45, 2.75) is 84.7 Å². The standard InChI is InChI=1S/C35H41F3N6O2/c1-20(2)8-7-10-26-25-9-5-6-13-34(25,26)30-32(46)44(33(39)42-30)29(16-21(3)4)22-11-12-24(35(36,37)38)23(17-22)31(45)43-18-27-28(19-43)41-15-14-40-27/h5-6,9,11-15,17,20-21,25-26,29-30H,7-8,10,16,18-19H2,1-4H3,(H2,39,42)/t25?,26?,29?,30-,34?/m0/s1. The molecule has 2 N–H and O–H groups in total. The molecule has 1 aromatic heterocycles. The van der Waals surface area contributed by atoms with Crippen LogP contribution in [0.4, 0.5) is 13.2 Å². The number of carbonyl (C=O) groups excluding carboxylic acids is 2. The molecule has 1 fully saturated rings. The third-order valence-electron chi connectivity index (χ3n) is 9.91. The molecule has 5 atom stereocenters. The molecule has 6 rings (SSSR count). The SMILES string of the molecule is CC(C)CCCC1C2C=CC=CC21[C@H]1N=C(N)N(C(CC(C)C)c2ccc(C(F)(F)F)c(C(=O)N3Cc4nccnc4C3)c2)C1=O. The van der Waals surface area contributed by atoms with Crippen LogP contribution in [0.1, 0.15) is 92.3 Å². The number of nitrogens with two attached hydrogens (primary N) is 1. The van der Waals surface area contributed by atoms with Crippen molar-refractivity contribution < 1.29 is 22.8 Å². The van der Waals surface area contributed by atoms with Gasteiger partial charge in [0.25, 0.3) is 11.8 Å². The zero-order valence-corrected chi connectivity index (χ0v) is 26.7. The van der Waals surface area contributed by atoms with E-state index in [0.717, 1.165) is 25.3 Å². The van der Waals surface area contributed by atoms with Gasteiger partial charge in [0.05, 0.1) is 41.6 Å². The van der Waals surface area contributed by atoms with Gasteiger partial charge in [0.1, 0.15) is 6.04 Å². The van der Waals surface area contributed by atoms with E-state index in [1.165, 1.54) is 34.3 Å². The molecule has 2 aliphatic heterocycles. The summed E-state index contributed by atoms with van der Waals surface area (Å²) in [5.41, 5.74) is 6.09. The summed E-state index contributed by atoms with van der Waals surface area (Å²) >= 11 is 0. The fourth-order valence-corrected chi connectivity index (χ4v) is 7.68. The summed E-state index contributed by atoms with van der Waals surface area (Å²) in [4.78, 5) is 44.1. The summed E-state index contributed by atoms with van der Waals surface area (Å²) in [6, 6.07) is 2.17. The number of aromatic nitrogens is 2. The van der Waals surface area contributed by atoms with Gasteiger partial charge in [-0.2, -0.15) is 13.2 Å². The molecule has 2 aromatic rings. The number of hydrogen-bond acceptors (Lipinski definition) is 6. The number of rotatable bonds is 10. The fraction of sp³-hybridized carbons (Fsp3) is 0.514. The second-order valence-corrected chi connectivity index (χ2v) is 13.9. The average Bonchev–Trinajstić information content (AvgIpc) is 3.27. The third-order valence-corrected chi connectivity index (χ3v) is 9.91. The normalized spacial score (nSPS) is 25.7. The number of carbonyl (C=O) groups is 2.